The lowest BCUT2D eigenvalue weighted by molar-refractivity contribution is -0.132. The highest BCUT2D eigenvalue weighted by Gasteiger charge is 2.29. The van der Waals surface area contributed by atoms with Gasteiger partial charge in [-0.2, -0.15) is 0 Å². The van der Waals surface area contributed by atoms with Crippen molar-refractivity contribution in [1.29, 1.82) is 0 Å². The van der Waals surface area contributed by atoms with E-state index in [9.17, 15) is 9.59 Å². The molecule has 2 aliphatic rings. The fourth-order valence-electron chi connectivity index (χ4n) is 3.43. The molecular formula is C19H27N3O4S. The summed E-state index contributed by atoms with van der Waals surface area (Å²) in [6, 6.07) is 7.76. The molecule has 2 saturated heterocycles. The van der Waals surface area contributed by atoms with E-state index in [0.717, 1.165) is 17.9 Å². The monoisotopic (exact) mass is 393 g/mol. The number of piperazine rings is 1. The van der Waals surface area contributed by atoms with Gasteiger partial charge >= 0.3 is 0 Å². The van der Waals surface area contributed by atoms with Crippen molar-refractivity contribution >= 4 is 23.6 Å². The number of para-hydroxylation sites is 1. The SMILES string of the molecule is COc1ccccc1C1CNCCN1C(=O)CSCC(=O)N1CCOCC1. The van der Waals surface area contributed by atoms with Gasteiger partial charge in [-0.05, 0) is 6.07 Å². The van der Waals surface area contributed by atoms with Crippen molar-refractivity contribution < 1.29 is 19.1 Å². The minimum absolute atomic E-state index is 0.0575. The number of carbonyl (C=O) groups is 2. The molecule has 148 valence electrons. The number of methoxy groups -OCH3 is 1. The summed E-state index contributed by atoms with van der Waals surface area (Å²) in [5.41, 5.74) is 1.01. The summed E-state index contributed by atoms with van der Waals surface area (Å²) in [6.45, 7) is 4.59. The van der Waals surface area contributed by atoms with Gasteiger partial charge in [0, 0.05) is 38.3 Å². The minimum Gasteiger partial charge on any atom is -0.496 e. The van der Waals surface area contributed by atoms with E-state index in [2.05, 4.69) is 5.32 Å². The molecule has 0 saturated carbocycles. The molecule has 0 radical (unpaired) electrons. The third-order valence-corrected chi connectivity index (χ3v) is 5.78. The van der Waals surface area contributed by atoms with Crippen LogP contribution < -0.4 is 10.1 Å². The van der Waals surface area contributed by atoms with Crippen molar-refractivity contribution in [2.45, 2.75) is 6.04 Å². The first kappa shape index (κ1) is 20.0. The van der Waals surface area contributed by atoms with Crippen LogP contribution in [0.4, 0.5) is 0 Å². The highest BCUT2D eigenvalue weighted by Crippen LogP contribution is 2.30. The number of nitrogens with zero attached hydrogens (tertiary/aromatic N) is 2. The standard InChI is InChI=1S/C19H27N3O4S/c1-25-17-5-3-2-4-15(17)16-12-20-6-7-22(16)19(24)14-27-13-18(23)21-8-10-26-11-9-21/h2-5,16,20H,6-14H2,1H3. The molecule has 2 heterocycles. The number of benzene rings is 1. The summed E-state index contributed by atoms with van der Waals surface area (Å²) in [5, 5.41) is 3.36. The van der Waals surface area contributed by atoms with Gasteiger partial charge in [0.15, 0.2) is 0 Å². The van der Waals surface area contributed by atoms with Crippen LogP contribution in [-0.4, -0.2) is 86.2 Å². The summed E-state index contributed by atoms with van der Waals surface area (Å²) >= 11 is 1.39. The number of amides is 2. The molecule has 2 fully saturated rings. The summed E-state index contributed by atoms with van der Waals surface area (Å²) < 4.78 is 10.7. The third kappa shape index (κ3) is 5.15. The Bertz CT molecular complexity index is 652. The van der Waals surface area contributed by atoms with Gasteiger partial charge in [-0.25, -0.2) is 0 Å². The van der Waals surface area contributed by atoms with Gasteiger partial charge in [0.1, 0.15) is 5.75 Å². The van der Waals surface area contributed by atoms with Crippen molar-refractivity contribution in [3.63, 3.8) is 0 Å². The van der Waals surface area contributed by atoms with Crippen LogP contribution in [-0.2, 0) is 14.3 Å². The Balaban J connectivity index is 1.56. The average Bonchev–Trinajstić information content (AvgIpc) is 2.74. The largest absolute Gasteiger partial charge is 0.496 e. The first-order chi connectivity index (χ1) is 13.2. The first-order valence-corrected chi connectivity index (χ1v) is 10.4. The van der Waals surface area contributed by atoms with E-state index in [-0.39, 0.29) is 17.9 Å². The Morgan fingerprint density at radius 3 is 2.70 bits per heavy atom. The van der Waals surface area contributed by atoms with Crippen LogP contribution in [0.25, 0.3) is 0 Å². The smallest absolute Gasteiger partial charge is 0.233 e. The Hall–Kier alpha value is -1.77. The van der Waals surface area contributed by atoms with E-state index in [1.165, 1.54) is 11.8 Å². The zero-order valence-corrected chi connectivity index (χ0v) is 16.5. The van der Waals surface area contributed by atoms with Crippen LogP contribution in [0.15, 0.2) is 24.3 Å². The van der Waals surface area contributed by atoms with E-state index in [1.807, 2.05) is 34.1 Å². The van der Waals surface area contributed by atoms with Crippen molar-refractivity contribution in [2.75, 3.05) is 64.6 Å². The lowest BCUT2D eigenvalue weighted by atomic mass is 10.0. The second-order valence-corrected chi connectivity index (χ2v) is 7.52. The van der Waals surface area contributed by atoms with Crippen molar-refractivity contribution in [2.24, 2.45) is 0 Å². The van der Waals surface area contributed by atoms with Gasteiger partial charge in [-0.1, -0.05) is 18.2 Å². The molecule has 1 unspecified atom stereocenters. The molecule has 0 aliphatic carbocycles. The minimum atomic E-state index is -0.0575. The second kappa shape index (κ2) is 9.96. The molecule has 0 aromatic heterocycles. The lowest BCUT2D eigenvalue weighted by Gasteiger charge is -2.37. The van der Waals surface area contributed by atoms with E-state index >= 15 is 0 Å². The second-order valence-electron chi connectivity index (χ2n) is 6.53. The van der Waals surface area contributed by atoms with E-state index in [4.69, 9.17) is 9.47 Å². The van der Waals surface area contributed by atoms with Crippen LogP contribution >= 0.6 is 11.8 Å². The molecular weight excluding hydrogens is 366 g/mol. The topological polar surface area (TPSA) is 71.1 Å². The molecule has 0 bridgehead atoms. The van der Waals surface area contributed by atoms with E-state index < -0.39 is 0 Å². The number of ether oxygens (including phenoxy) is 2. The van der Waals surface area contributed by atoms with Crippen LogP contribution in [0.3, 0.4) is 0 Å². The Morgan fingerprint density at radius 2 is 1.93 bits per heavy atom. The van der Waals surface area contributed by atoms with Crippen molar-refractivity contribution in [1.82, 2.24) is 15.1 Å². The van der Waals surface area contributed by atoms with Gasteiger partial charge < -0.3 is 24.6 Å². The fraction of sp³-hybridized carbons (Fsp3) is 0.579. The van der Waals surface area contributed by atoms with Crippen LogP contribution in [0, 0.1) is 0 Å². The molecule has 27 heavy (non-hydrogen) atoms. The molecule has 2 amide bonds. The average molecular weight is 394 g/mol. The molecule has 1 N–H and O–H groups in total. The Kier molecular flexibility index (Phi) is 7.37. The van der Waals surface area contributed by atoms with Gasteiger partial charge in [0.2, 0.25) is 11.8 Å². The number of rotatable bonds is 6. The zero-order valence-electron chi connectivity index (χ0n) is 15.7. The lowest BCUT2D eigenvalue weighted by Crippen LogP contribution is -2.49. The third-order valence-electron chi connectivity index (χ3n) is 4.88. The summed E-state index contributed by atoms with van der Waals surface area (Å²) in [7, 11) is 1.65. The van der Waals surface area contributed by atoms with Gasteiger partial charge in [0.05, 0.1) is 37.9 Å². The summed E-state index contributed by atoms with van der Waals surface area (Å²) in [4.78, 5) is 28.8. The maximum absolute atomic E-state index is 12.8. The van der Waals surface area contributed by atoms with Crippen molar-refractivity contribution in [3.8, 4) is 5.75 Å². The van der Waals surface area contributed by atoms with Crippen LogP contribution in [0.5, 0.6) is 5.75 Å². The highest BCUT2D eigenvalue weighted by atomic mass is 32.2. The number of carbonyl (C=O) groups excluding carboxylic acids is 2. The van der Waals surface area contributed by atoms with Gasteiger partial charge in [-0.15, -0.1) is 11.8 Å². The molecule has 1 atom stereocenters. The zero-order chi connectivity index (χ0) is 19.1. The van der Waals surface area contributed by atoms with Gasteiger partial charge in [0.25, 0.3) is 0 Å². The Morgan fingerprint density at radius 1 is 1.19 bits per heavy atom. The van der Waals surface area contributed by atoms with E-state index in [1.54, 1.807) is 7.11 Å². The number of hydrogen-bond donors (Lipinski definition) is 1. The molecule has 1 aromatic carbocycles. The molecule has 0 spiro atoms. The molecule has 2 aliphatic heterocycles. The number of nitrogens with one attached hydrogen (secondary N) is 1. The Labute approximate surface area is 164 Å². The normalized spacial score (nSPS) is 20.4. The summed E-state index contributed by atoms with van der Waals surface area (Å²) in [5.74, 6) is 1.57. The fourth-order valence-corrected chi connectivity index (χ4v) is 4.23. The number of morpholine rings is 1. The quantitative estimate of drug-likeness (QED) is 0.770. The number of thioether (sulfide) groups is 1. The van der Waals surface area contributed by atoms with Gasteiger partial charge in [-0.3, -0.25) is 9.59 Å². The first-order valence-electron chi connectivity index (χ1n) is 9.27. The maximum atomic E-state index is 12.8. The highest BCUT2D eigenvalue weighted by molar-refractivity contribution is 8.00. The molecule has 3 rings (SSSR count). The number of hydrogen-bond acceptors (Lipinski definition) is 6. The van der Waals surface area contributed by atoms with Crippen molar-refractivity contribution in [3.05, 3.63) is 29.8 Å². The molecule has 1 aromatic rings. The molecule has 7 nitrogen and oxygen atoms in total. The van der Waals surface area contributed by atoms with E-state index in [0.29, 0.717) is 50.9 Å². The molecule has 8 heteroatoms. The van der Waals surface area contributed by atoms with Crippen LogP contribution in [0.2, 0.25) is 0 Å². The maximum Gasteiger partial charge on any atom is 0.233 e. The van der Waals surface area contributed by atoms with Crippen LogP contribution in [0.1, 0.15) is 11.6 Å². The predicted molar refractivity (Wildman–Crippen MR) is 105 cm³/mol. The summed E-state index contributed by atoms with van der Waals surface area (Å²) in [6.07, 6.45) is 0. The predicted octanol–water partition coefficient (Wildman–Crippen LogP) is 0.760.